The SMILES string of the molecule is CN1CCN(C(=O)C[C@]23CCC[C@@H]2[C@H]2CCC4[C@@]5(C)CC[C@H](OC(=O)CC(C)(C)C(=O)O)C(C)(C)C5CC[C@@]4(C)[C@]2(C)CC3)CC1=O. The number of carboxylic acids is 1. The molecule has 1 heterocycles. The van der Waals surface area contributed by atoms with Crippen LogP contribution in [-0.4, -0.2) is 71.4 Å². The van der Waals surface area contributed by atoms with Gasteiger partial charge >= 0.3 is 11.9 Å². The minimum atomic E-state index is -1.14. The first-order valence-corrected chi connectivity index (χ1v) is 18.8. The lowest BCUT2D eigenvalue weighted by Crippen LogP contribution is -2.66. The molecule has 0 aromatic rings. The van der Waals surface area contributed by atoms with Crippen molar-refractivity contribution < 1.29 is 29.0 Å². The van der Waals surface area contributed by atoms with Crippen LogP contribution < -0.4 is 0 Å². The highest BCUT2D eigenvalue weighted by molar-refractivity contribution is 5.86. The highest BCUT2D eigenvalue weighted by atomic mass is 16.5. The summed E-state index contributed by atoms with van der Waals surface area (Å²) in [5.74, 6) is 1.12. The number of aliphatic carboxylic acids is 1. The van der Waals surface area contributed by atoms with Crippen molar-refractivity contribution in [2.24, 2.45) is 56.2 Å². The lowest BCUT2D eigenvalue weighted by atomic mass is 9.32. The number of hydrogen-bond acceptors (Lipinski definition) is 5. The fourth-order valence-corrected chi connectivity index (χ4v) is 13.2. The lowest BCUT2D eigenvalue weighted by Gasteiger charge is -2.72. The van der Waals surface area contributed by atoms with Crippen molar-refractivity contribution in [1.29, 1.82) is 0 Å². The van der Waals surface area contributed by atoms with Crippen LogP contribution in [0.5, 0.6) is 0 Å². The molecule has 0 bridgehead atoms. The van der Waals surface area contributed by atoms with Gasteiger partial charge < -0.3 is 19.6 Å². The maximum atomic E-state index is 13.7. The van der Waals surface area contributed by atoms with Crippen LogP contribution in [0.15, 0.2) is 0 Å². The van der Waals surface area contributed by atoms with Gasteiger partial charge in [0.15, 0.2) is 0 Å². The second-order valence-electron chi connectivity index (χ2n) is 19.0. The molecule has 1 N–H and O–H groups in total. The molecule has 5 aliphatic carbocycles. The quantitative estimate of drug-likeness (QED) is 0.311. The van der Waals surface area contributed by atoms with Crippen molar-refractivity contribution >= 4 is 23.8 Å². The topological polar surface area (TPSA) is 104 Å². The fraction of sp³-hybridized carbons (Fsp3) is 0.897. The van der Waals surface area contributed by atoms with E-state index in [1.165, 1.54) is 38.5 Å². The van der Waals surface area contributed by atoms with Crippen molar-refractivity contribution in [3.8, 4) is 0 Å². The number of rotatable bonds is 6. The van der Waals surface area contributed by atoms with E-state index < -0.39 is 17.4 Å². The molecular formula is C39H62N2O6. The number of carboxylic acid groups (broad SMARTS) is 1. The third kappa shape index (κ3) is 5.27. The summed E-state index contributed by atoms with van der Waals surface area (Å²) in [5.41, 5.74) is -0.648. The molecule has 5 saturated carbocycles. The van der Waals surface area contributed by atoms with Gasteiger partial charge in [0, 0.05) is 32.0 Å². The molecule has 9 atom stereocenters. The predicted octanol–water partition coefficient (Wildman–Crippen LogP) is 6.95. The van der Waals surface area contributed by atoms with Gasteiger partial charge in [0.25, 0.3) is 0 Å². The first kappa shape index (κ1) is 34.7. The van der Waals surface area contributed by atoms with Gasteiger partial charge in [-0.1, -0.05) is 41.0 Å². The molecule has 2 amide bonds. The third-order valence-corrected chi connectivity index (χ3v) is 16.2. The van der Waals surface area contributed by atoms with Crippen molar-refractivity contribution in [3.05, 3.63) is 0 Å². The summed E-state index contributed by atoms with van der Waals surface area (Å²) in [6, 6.07) is 0. The Hall–Kier alpha value is -2.12. The molecule has 47 heavy (non-hydrogen) atoms. The van der Waals surface area contributed by atoms with Crippen LogP contribution >= 0.6 is 0 Å². The summed E-state index contributed by atoms with van der Waals surface area (Å²) in [6.07, 6.45) is 12.8. The Morgan fingerprint density at radius 1 is 0.851 bits per heavy atom. The van der Waals surface area contributed by atoms with Crippen LogP contribution in [-0.2, 0) is 23.9 Å². The van der Waals surface area contributed by atoms with Gasteiger partial charge in [0.1, 0.15) is 6.10 Å². The summed E-state index contributed by atoms with van der Waals surface area (Å²) in [4.78, 5) is 54.4. The van der Waals surface area contributed by atoms with Crippen molar-refractivity contribution in [2.75, 3.05) is 26.7 Å². The van der Waals surface area contributed by atoms with E-state index in [1.54, 1.807) is 18.7 Å². The molecule has 1 aliphatic heterocycles. The van der Waals surface area contributed by atoms with E-state index in [-0.39, 0.29) is 58.0 Å². The Bertz CT molecular complexity index is 1310. The number of piperazine rings is 1. The van der Waals surface area contributed by atoms with Crippen LogP contribution in [0.2, 0.25) is 0 Å². The standard InChI is InChI=1S/C39H62N2O6/c1-34(2,33(45)46)23-32(44)47-29-14-16-36(5)27(35(29,3)4)13-17-38(7)28(36)12-11-25-26-10-9-15-39(26,19-18-37(25,38)6)22-30(42)41-21-20-40(8)31(43)24-41/h25-29H,9-24H2,1-8H3,(H,45,46)/t25-,26-,27?,28?,29+,36+,37-,38-,39-/m1/s1. The molecular weight excluding hydrogens is 592 g/mol. The van der Waals surface area contributed by atoms with Crippen LogP contribution in [0.4, 0.5) is 0 Å². The van der Waals surface area contributed by atoms with Crippen LogP contribution in [0.3, 0.4) is 0 Å². The first-order valence-electron chi connectivity index (χ1n) is 18.8. The van der Waals surface area contributed by atoms with E-state index in [9.17, 15) is 24.3 Å². The molecule has 264 valence electrons. The van der Waals surface area contributed by atoms with Gasteiger partial charge in [-0.2, -0.15) is 0 Å². The van der Waals surface area contributed by atoms with Crippen LogP contribution in [0.1, 0.15) is 132 Å². The van der Waals surface area contributed by atoms with Gasteiger partial charge in [-0.3, -0.25) is 19.2 Å². The normalized spacial score (nSPS) is 42.9. The molecule has 6 fully saturated rings. The van der Waals surface area contributed by atoms with Gasteiger partial charge in [0.2, 0.25) is 11.8 Å². The minimum Gasteiger partial charge on any atom is -0.481 e. The Kier molecular flexibility index (Phi) is 8.47. The van der Waals surface area contributed by atoms with Crippen LogP contribution in [0, 0.1) is 56.2 Å². The Morgan fingerprint density at radius 2 is 1.57 bits per heavy atom. The Labute approximate surface area is 283 Å². The highest BCUT2D eigenvalue weighted by Crippen LogP contribution is 2.77. The lowest BCUT2D eigenvalue weighted by molar-refractivity contribution is -0.248. The molecule has 6 aliphatic rings. The zero-order valence-corrected chi connectivity index (χ0v) is 30.6. The average Bonchev–Trinajstić information content (AvgIpc) is 3.39. The summed E-state index contributed by atoms with van der Waals surface area (Å²) in [5, 5.41) is 9.56. The average molecular weight is 655 g/mol. The maximum Gasteiger partial charge on any atom is 0.309 e. The molecule has 0 spiro atoms. The first-order chi connectivity index (χ1) is 21.8. The minimum absolute atomic E-state index is 0.0501. The van der Waals surface area contributed by atoms with E-state index in [0.29, 0.717) is 43.2 Å². The van der Waals surface area contributed by atoms with E-state index in [2.05, 4.69) is 34.6 Å². The number of esters is 1. The zero-order valence-electron chi connectivity index (χ0n) is 30.6. The molecule has 0 radical (unpaired) electrons. The van der Waals surface area contributed by atoms with E-state index >= 15 is 0 Å². The van der Waals surface area contributed by atoms with Crippen molar-refractivity contribution in [3.63, 3.8) is 0 Å². The molecule has 8 heteroatoms. The van der Waals surface area contributed by atoms with Gasteiger partial charge in [-0.25, -0.2) is 0 Å². The summed E-state index contributed by atoms with van der Waals surface area (Å²) < 4.78 is 6.14. The van der Waals surface area contributed by atoms with Gasteiger partial charge in [-0.05, 0) is 123 Å². The van der Waals surface area contributed by atoms with Gasteiger partial charge in [-0.15, -0.1) is 0 Å². The monoisotopic (exact) mass is 654 g/mol. The summed E-state index contributed by atoms with van der Waals surface area (Å²) in [6.45, 7) is 17.1. The number of amides is 2. The highest BCUT2D eigenvalue weighted by Gasteiger charge is 2.70. The third-order valence-electron chi connectivity index (χ3n) is 16.2. The Balaban J connectivity index is 1.19. The smallest absolute Gasteiger partial charge is 0.309 e. The molecule has 6 rings (SSSR count). The van der Waals surface area contributed by atoms with E-state index in [0.717, 1.165) is 32.1 Å². The largest absolute Gasteiger partial charge is 0.481 e. The second kappa shape index (κ2) is 11.5. The number of ether oxygens (including phenoxy) is 1. The number of carbonyl (C=O) groups excluding carboxylic acids is 3. The molecule has 8 nitrogen and oxygen atoms in total. The maximum absolute atomic E-state index is 13.7. The summed E-state index contributed by atoms with van der Waals surface area (Å²) in [7, 11) is 1.83. The second-order valence-corrected chi connectivity index (χ2v) is 19.0. The fourth-order valence-electron chi connectivity index (χ4n) is 13.2. The van der Waals surface area contributed by atoms with E-state index in [1.807, 2.05) is 11.9 Å². The molecule has 2 unspecified atom stereocenters. The van der Waals surface area contributed by atoms with E-state index in [4.69, 9.17) is 4.74 Å². The summed E-state index contributed by atoms with van der Waals surface area (Å²) >= 11 is 0. The number of carbonyl (C=O) groups is 4. The zero-order chi connectivity index (χ0) is 34.4. The van der Waals surface area contributed by atoms with Gasteiger partial charge in [0.05, 0.1) is 18.4 Å². The van der Waals surface area contributed by atoms with Crippen molar-refractivity contribution in [2.45, 2.75) is 138 Å². The predicted molar refractivity (Wildman–Crippen MR) is 180 cm³/mol. The number of nitrogens with zero attached hydrogens (tertiary/aromatic N) is 2. The molecule has 0 aromatic carbocycles. The number of hydrogen-bond donors (Lipinski definition) is 1. The molecule has 1 saturated heterocycles. The number of fused-ring (bicyclic) bond motifs is 7. The molecule has 0 aromatic heterocycles. The Morgan fingerprint density at radius 3 is 2.26 bits per heavy atom. The van der Waals surface area contributed by atoms with Crippen LogP contribution in [0.25, 0.3) is 0 Å². The van der Waals surface area contributed by atoms with Crippen molar-refractivity contribution in [1.82, 2.24) is 9.80 Å². The number of likely N-dealkylation sites (N-methyl/N-ethyl adjacent to an activating group) is 1.